The van der Waals surface area contributed by atoms with E-state index >= 15 is 0 Å². The second-order valence-corrected chi connectivity index (χ2v) is 9.91. The van der Waals surface area contributed by atoms with Crippen LogP contribution in [0.2, 0.25) is 0 Å². The van der Waals surface area contributed by atoms with Crippen LogP contribution in [-0.2, 0) is 17.6 Å². The standard InChI is InChI=1S/C30H31FO3.Na/c1-18(30(32)33)29(22-9-10-22)24-12-6-20-5-11-23(15-25(20)16-24)19-3-7-21(8-4-19)27-17-26(34-2)13-14-28(27)31;/h3-4,6-8,12-14,16-18,22-23,29H,5,9-11,15H2,1-2H3,(H,32,33);/q;+1/p-1/t18-,23?,29-;/m0./s1. The van der Waals surface area contributed by atoms with Crippen LogP contribution in [0.4, 0.5) is 4.39 Å². The van der Waals surface area contributed by atoms with Gasteiger partial charge in [-0.1, -0.05) is 49.4 Å². The number of carboxylic acid groups (broad SMARTS) is 1. The van der Waals surface area contributed by atoms with Crippen molar-refractivity contribution in [2.75, 3.05) is 7.11 Å². The van der Waals surface area contributed by atoms with Crippen LogP contribution in [0.3, 0.4) is 0 Å². The Bertz CT molecular complexity index is 1200. The molecule has 5 heteroatoms. The number of aliphatic carboxylic acids is 1. The van der Waals surface area contributed by atoms with E-state index in [1.165, 1.54) is 22.8 Å². The van der Waals surface area contributed by atoms with Crippen LogP contribution in [0.1, 0.15) is 60.3 Å². The number of aryl methyl sites for hydroxylation is 1. The monoisotopic (exact) mass is 480 g/mol. The average Bonchev–Trinajstić information content (AvgIpc) is 3.69. The Morgan fingerprint density at radius 3 is 2.40 bits per heavy atom. The van der Waals surface area contributed by atoms with Gasteiger partial charge in [0.1, 0.15) is 11.6 Å². The minimum Gasteiger partial charge on any atom is -0.550 e. The normalized spacial score (nSPS) is 18.7. The Morgan fingerprint density at radius 2 is 1.74 bits per heavy atom. The molecule has 0 amide bonds. The van der Waals surface area contributed by atoms with Gasteiger partial charge in [-0.3, -0.25) is 0 Å². The molecule has 0 aliphatic heterocycles. The van der Waals surface area contributed by atoms with E-state index < -0.39 is 11.9 Å². The quantitative estimate of drug-likeness (QED) is 0.489. The summed E-state index contributed by atoms with van der Waals surface area (Å²) in [6.45, 7) is 1.79. The zero-order chi connectivity index (χ0) is 23.8. The van der Waals surface area contributed by atoms with Crippen molar-refractivity contribution in [3.05, 3.63) is 88.7 Å². The third-order valence-electron chi connectivity index (χ3n) is 7.75. The molecule has 1 unspecified atom stereocenters. The summed E-state index contributed by atoms with van der Waals surface area (Å²) in [7, 11) is 1.58. The Balaban J connectivity index is 0.00000289. The maximum Gasteiger partial charge on any atom is 1.00 e. The fraction of sp³-hybridized carbons (Fsp3) is 0.367. The van der Waals surface area contributed by atoms with Crippen molar-refractivity contribution in [1.29, 1.82) is 0 Å². The fourth-order valence-electron chi connectivity index (χ4n) is 5.63. The molecule has 5 rings (SSSR count). The van der Waals surface area contributed by atoms with E-state index in [4.69, 9.17) is 4.74 Å². The van der Waals surface area contributed by atoms with Gasteiger partial charge >= 0.3 is 29.6 Å². The van der Waals surface area contributed by atoms with Gasteiger partial charge in [-0.25, -0.2) is 4.39 Å². The van der Waals surface area contributed by atoms with E-state index in [1.807, 2.05) is 12.1 Å². The number of fused-ring (bicyclic) bond motifs is 1. The molecule has 3 atom stereocenters. The largest absolute Gasteiger partial charge is 1.00 e. The maximum absolute atomic E-state index is 14.4. The minimum atomic E-state index is -0.958. The molecule has 0 aromatic heterocycles. The Morgan fingerprint density at radius 1 is 1.00 bits per heavy atom. The van der Waals surface area contributed by atoms with Crippen LogP contribution < -0.4 is 39.4 Å². The molecule has 176 valence electrons. The van der Waals surface area contributed by atoms with Crippen LogP contribution in [0.25, 0.3) is 11.1 Å². The number of carboxylic acids is 1. The summed E-state index contributed by atoms with van der Waals surface area (Å²) in [5, 5.41) is 11.6. The minimum absolute atomic E-state index is 0. The van der Waals surface area contributed by atoms with Gasteiger partial charge in [0.25, 0.3) is 0 Å². The first-order chi connectivity index (χ1) is 16.4. The summed E-state index contributed by atoms with van der Waals surface area (Å²) in [4.78, 5) is 11.6. The molecule has 0 heterocycles. The molecule has 0 bridgehead atoms. The van der Waals surface area contributed by atoms with E-state index in [0.29, 0.717) is 23.1 Å². The van der Waals surface area contributed by atoms with E-state index in [0.717, 1.165) is 43.2 Å². The maximum atomic E-state index is 14.4. The van der Waals surface area contributed by atoms with Gasteiger partial charge in [0, 0.05) is 17.5 Å². The Hall–Kier alpha value is -2.14. The molecule has 3 nitrogen and oxygen atoms in total. The molecule has 0 saturated heterocycles. The van der Waals surface area contributed by atoms with E-state index in [2.05, 4.69) is 30.3 Å². The SMILES string of the molecule is COc1ccc(F)c(-c2ccc(C3CCc4ccc([C@H](C5CC5)[C@H](C)C(=O)[O-])cc4C3)cc2)c1.[Na+]. The number of hydrogen-bond acceptors (Lipinski definition) is 3. The Labute approximate surface area is 229 Å². The summed E-state index contributed by atoms with van der Waals surface area (Å²) >= 11 is 0. The van der Waals surface area contributed by atoms with E-state index in [9.17, 15) is 14.3 Å². The fourth-order valence-corrected chi connectivity index (χ4v) is 5.63. The van der Waals surface area contributed by atoms with Gasteiger partial charge in [0.15, 0.2) is 0 Å². The van der Waals surface area contributed by atoms with Crippen LogP contribution in [0.5, 0.6) is 5.75 Å². The van der Waals surface area contributed by atoms with Gasteiger partial charge in [0.2, 0.25) is 0 Å². The first kappa shape index (κ1) is 25.9. The molecule has 2 aliphatic carbocycles. The molecular weight excluding hydrogens is 450 g/mol. The molecule has 2 aliphatic rings. The molecule has 35 heavy (non-hydrogen) atoms. The summed E-state index contributed by atoms with van der Waals surface area (Å²) in [5.41, 5.74) is 6.46. The van der Waals surface area contributed by atoms with Crippen molar-refractivity contribution in [3.63, 3.8) is 0 Å². The third-order valence-corrected chi connectivity index (χ3v) is 7.75. The van der Waals surface area contributed by atoms with Crippen LogP contribution in [0, 0.1) is 17.7 Å². The average molecular weight is 481 g/mol. The molecule has 3 aromatic carbocycles. The molecule has 1 fully saturated rings. The van der Waals surface area contributed by atoms with Crippen molar-refractivity contribution in [1.82, 2.24) is 0 Å². The first-order valence-corrected chi connectivity index (χ1v) is 12.2. The predicted molar refractivity (Wildman–Crippen MR) is 129 cm³/mol. The summed E-state index contributed by atoms with van der Waals surface area (Å²) in [6.07, 6.45) is 5.22. The number of rotatable bonds is 7. The van der Waals surface area contributed by atoms with Crippen molar-refractivity contribution >= 4 is 5.97 Å². The summed E-state index contributed by atoms with van der Waals surface area (Å²) < 4.78 is 19.6. The zero-order valence-corrected chi connectivity index (χ0v) is 22.7. The molecule has 3 aromatic rings. The molecule has 0 radical (unpaired) electrons. The third kappa shape index (κ3) is 5.50. The molecular formula is C30H30FNaO3. The number of benzene rings is 3. The molecule has 1 saturated carbocycles. The number of methoxy groups -OCH3 is 1. The number of ether oxygens (including phenoxy) is 1. The van der Waals surface area contributed by atoms with E-state index in [1.54, 1.807) is 26.2 Å². The summed E-state index contributed by atoms with van der Waals surface area (Å²) in [6, 6.07) is 19.6. The van der Waals surface area contributed by atoms with Gasteiger partial charge in [0.05, 0.1) is 7.11 Å². The van der Waals surface area contributed by atoms with Crippen molar-refractivity contribution in [2.45, 2.75) is 50.9 Å². The van der Waals surface area contributed by atoms with E-state index in [-0.39, 0.29) is 41.3 Å². The second-order valence-electron chi connectivity index (χ2n) is 9.91. The molecule has 0 N–H and O–H groups in total. The summed E-state index contributed by atoms with van der Waals surface area (Å²) in [5.74, 6) is -0.177. The van der Waals surface area contributed by atoms with Crippen molar-refractivity contribution in [2.24, 2.45) is 11.8 Å². The van der Waals surface area contributed by atoms with Crippen molar-refractivity contribution in [3.8, 4) is 16.9 Å². The van der Waals surface area contributed by atoms with Gasteiger partial charge < -0.3 is 14.6 Å². The predicted octanol–water partition coefficient (Wildman–Crippen LogP) is 2.66. The Kier molecular flexibility index (Phi) is 8.05. The number of halogens is 1. The number of carbonyl (C=O) groups excluding carboxylic acids is 1. The first-order valence-electron chi connectivity index (χ1n) is 12.2. The zero-order valence-electron chi connectivity index (χ0n) is 20.7. The van der Waals surface area contributed by atoms with Gasteiger partial charge in [-0.2, -0.15) is 0 Å². The number of hydrogen-bond donors (Lipinski definition) is 0. The smallest absolute Gasteiger partial charge is 0.550 e. The van der Waals surface area contributed by atoms with Gasteiger partial charge in [-0.15, -0.1) is 0 Å². The topological polar surface area (TPSA) is 49.4 Å². The van der Waals surface area contributed by atoms with Crippen LogP contribution in [-0.4, -0.2) is 13.1 Å². The van der Waals surface area contributed by atoms with Crippen LogP contribution in [0.15, 0.2) is 60.7 Å². The number of carbonyl (C=O) groups is 1. The van der Waals surface area contributed by atoms with Gasteiger partial charge in [-0.05, 0) is 95.9 Å². The second kappa shape index (κ2) is 10.9. The molecule has 0 spiro atoms. The van der Waals surface area contributed by atoms with Crippen LogP contribution >= 0.6 is 0 Å². The van der Waals surface area contributed by atoms with Crippen molar-refractivity contribution < 1.29 is 48.6 Å².